The maximum atomic E-state index is 2.34. The van der Waals surface area contributed by atoms with E-state index in [9.17, 15) is 0 Å². The summed E-state index contributed by atoms with van der Waals surface area (Å²) in [6.07, 6.45) is 18.8. The number of rotatable bonds is 5. The zero-order valence-electron chi connectivity index (χ0n) is 10.4. The minimum atomic E-state index is 0.729. The lowest BCUT2D eigenvalue weighted by Gasteiger charge is -2.23. The van der Waals surface area contributed by atoms with Crippen LogP contribution in [0.5, 0.6) is 0 Å². The fourth-order valence-electron chi connectivity index (χ4n) is 2.55. The summed E-state index contributed by atoms with van der Waals surface area (Å²) in [5.74, 6) is 0.729. The van der Waals surface area contributed by atoms with E-state index in [1.54, 1.807) is 11.1 Å². The molecule has 0 amide bonds. The van der Waals surface area contributed by atoms with E-state index >= 15 is 0 Å². The molecule has 0 fully saturated rings. The molecule has 2 aliphatic carbocycles. The van der Waals surface area contributed by atoms with Crippen LogP contribution in [-0.4, -0.2) is 10.2 Å². The van der Waals surface area contributed by atoms with Gasteiger partial charge in [0.05, 0.1) is 0 Å². The molecule has 0 aromatic heterocycles. The molecule has 0 saturated carbocycles. The van der Waals surface area contributed by atoms with Crippen molar-refractivity contribution in [2.45, 2.75) is 38.1 Å². The molecule has 0 nitrogen and oxygen atoms in total. The summed E-state index contributed by atoms with van der Waals surface area (Å²) in [5, 5.41) is 0. The van der Waals surface area contributed by atoms with Crippen LogP contribution in [-0.2, 0) is 0 Å². The average molecular weight is 230 g/mol. The van der Waals surface area contributed by atoms with Gasteiger partial charge in [0.15, 0.2) is 0 Å². The van der Waals surface area contributed by atoms with Gasteiger partial charge in [-0.25, -0.2) is 0 Å². The first-order valence-electron chi connectivity index (χ1n) is 6.52. The lowest BCUT2D eigenvalue weighted by atomic mass is 9.85. The molecule has 0 aliphatic heterocycles. The summed E-state index contributed by atoms with van der Waals surface area (Å²) in [4.78, 5) is 0. The molecular formula is C15H22Si. The molecule has 0 spiro atoms. The van der Waals surface area contributed by atoms with Crippen LogP contribution in [0.3, 0.4) is 0 Å². The predicted octanol–water partition coefficient (Wildman–Crippen LogP) is 3.33. The Labute approximate surface area is 102 Å². The van der Waals surface area contributed by atoms with Crippen molar-refractivity contribution >= 4 is 10.2 Å². The van der Waals surface area contributed by atoms with Crippen LogP contribution in [0.25, 0.3) is 0 Å². The van der Waals surface area contributed by atoms with Crippen molar-refractivity contribution in [2.75, 3.05) is 0 Å². The molecule has 2 rings (SSSR count). The molecule has 1 atom stereocenters. The van der Waals surface area contributed by atoms with Gasteiger partial charge >= 0.3 is 0 Å². The van der Waals surface area contributed by atoms with E-state index in [1.165, 1.54) is 35.9 Å². The quantitative estimate of drug-likeness (QED) is 0.636. The topological polar surface area (TPSA) is 0 Å². The summed E-state index contributed by atoms with van der Waals surface area (Å²) in [6.45, 7) is 2.33. The number of hydrogen-bond acceptors (Lipinski definition) is 0. The molecule has 86 valence electrons. The Morgan fingerprint density at radius 1 is 1.12 bits per heavy atom. The van der Waals surface area contributed by atoms with Gasteiger partial charge in [0.1, 0.15) is 0 Å². The van der Waals surface area contributed by atoms with Crippen LogP contribution in [0.1, 0.15) is 32.6 Å². The second-order valence-electron chi connectivity index (χ2n) is 5.05. The molecule has 0 N–H and O–H groups in total. The van der Waals surface area contributed by atoms with Crippen molar-refractivity contribution in [2.24, 2.45) is 5.92 Å². The van der Waals surface area contributed by atoms with Gasteiger partial charge in [0, 0.05) is 16.2 Å². The third kappa shape index (κ3) is 2.65. The van der Waals surface area contributed by atoms with Gasteiger partial charge in [0.2, 0.25) is 0 Å². The standard InChI is InChI=1S/C15H22Si/c1-2-14(16)11-15(12-7-3-4-8-12)13-9-5-6-10-13/h3-7,9,14-15H,2,8,10-11H2,1,16H3. The van der Waals surface area contributed by atoms with Crippen molar-refractivity contribution in [1.29, 1.82) is 0 Å². The second kappa shape index (κ2) is 5.49. The molecule has 0 radical (unpaired) electrons. The molecule has 1 unspecified atom stereocenters. The lowest BCUT2D eigenvalue weighted by molar-refractivity contribution is 0.581. The van der Waals surface area contributed by atoms with E-state index in [0.717, 1.165) is 11.5 Å². The Morgan fingerprint density at radius 3 is 2.06 bits per heavy atom. The third-order valence-corrected chi connectivity index (χ3v) is 5.12. The van der Waals surface area contributed by atoms with E-state index in [2.05, 4.69) is 43.4 Å². The summed E-state index contributed by atoms with van der Waals surface area (Å²) in [6, 6.07) is 0. The normalized spacial score (nSPS) is 20.6. The highest BCUT2D eigenvalue weighted by molar-refractivity contribution is 6.11. The second-order valence-corrected chi connectivity index (χ2v) is 6.68. The summed E-state index contributed by atoms with van der Waals surface area (Å²) in [5.41, 5.74) is 4.25. The SMILES string of the molecule is CCC([SiH3])CC(C1=CC=CC1)C1=CC=CC1. The Morgan fingerprint density at radius 2 is 1.69 bits per heavy atom. The maximum absolute atomic E-state index is 2.34. The lowest BCUT2D eigenvalue weighted by Crippen LogP contribution is -2.09. The highest BCUT2D eigenvalue weighted by atomic mass is 28.1. The smallest absolute Gasteiger partial charge is 0.00675 e. The molecule has 0 heterocycles. The molecule has 0 aromatic carbocycles. The van der Waals surface area contributed by atoms with Crippen LogP contribution in [0.4, 0.5) is 0 Å². The monoisotopic (exact) mass is 230 g/mol. The summed E-state index contributed by atoms with van der Waals surface area (Å²) < 4.78 is 0. The highest BCUT2D eigenvalue weighted by Gasteiger charge is 2.21. The van der Waals surface area contributed by atoms with Crippen LogP contribution in [0.15, 0.2) is 47.6 Å². The van der Waals surface area contributed by atoms with E-state index in [-0.39, 0.29) is 0 Å². The molecule has 16 heavy (non-hydrogen) atoms. The minimum absolute atomic E-state index is 0.729. The Kier molecular flexibility index (Phi) is 4.00. The van der Waals surface area contributed by atoms with Crippen LogP contribution in [0, 0.1) is 5.92 Å². The van der Waals surface area contributed by atoms with Crippen molar-refractivity contribution in [3.8, 4) is 0 Å². The summed E-state index contributed by atoms with van der Waals surface area (Å²) in [7, 11) is 1.34. The zero-order valence-corrected chi connectivity index (χ0v) is 12.4. The van der Waals surface area contributed by atoms with Gasteiger partial charge in [-0.2, -0.15) is 0 Å². The predicted molar refractivity (Wildman–Crippen MR) is 75.8 cm³/mol. The average Bonchev–Trinajstić information content (AvgIpc) is 2.97. The van der Waals surface area contributed by atoms with E-state index in [0.29, 0.717) is 0 Å². The minimum Gasteiger partial charge on any atom is -0.0804 e. The third-order valence-electron chi connectivity index (χ3n) is 3.83. The van der Waals surface area contributed by atoms with Crippen LogP contribution in [0.2, 0.25) is 5.54 Å². The van der Waals surface area contributed by atoms with Crippen molar-refractivity contribution in [1.82, 2.24) is 0 Å². The van der Waals surface area contributed by atoms with Crippen molar-refractivity contribution in [3.63, 3.8) is 0 Å². The molecule has 0 bridgehead atoms. The molecular weight excluding hydrogens is 208 g/mol. The van der Waals surface area contributed by atoms with E-state index in [4.69, 9.17) is 0 Å². The van der Waals surface area contributed by atoms with Gasteiger partial charge in [0.25, 0.3) is 0 Å². The Balaban J connectivity index is 2.07. The van der Waals surface area contributed by atoms with Gasteiger partial charge in [-0.1, -0.05) is 66.5 Å². The largest absolute Gasteiger partial charge is 0.0804 e. The van der Waals surface area contributed by atoms with Crippen molar-refractivity contribution in [3.05, 3.63) is 47.6 Å². The first-order valence-corrected chi connectivity index (χ1v) is 7.68. The first kappa shape index (κ1) is 11.7. The highest BCUT2D eigenvalue weighted by Crippen LogP contribution is 2.36. The van der Waals surface area contributed by atoms with Gasteiger partial charge in [-0.05, 0) is 19.3 Å². The van der Waals surface area contributed by atoms with Gasteiger partial charge in [-0.3, -0.25) is 0 Å². The molecule has 0 saturated heterocycles. The molecule has 2 aliphatic rings. The molecule has 0 aromatic rings. The maximum Gasteiger partial charge on any atom is 0.00675 e. The van der Waals surface area contributed by atoms with E-state index < -0.39 is 0 Å². The Hall–Kier alpha value is -0.823. The van der Waals surface area contributed by atoms with Crippen LogP contribution >= 0.6 is 0 Å². The number of allylic oxidation sites excluding steroid dienone is 8. The zero-order chi connectivity index (χ0) is 11.4. The summed E-state index contributed by atoms with van der Waals surface area (Å²) >= 11 is 0. The number of hydrogen-bond donors (Lipinski definition) is 0. The van der Waals surface area contributed by atoms with Gasteiger partial charge < -0.3 is 0 Å². The Bertz CT molecular complexity index is 328. The van der Waals surface area contributed by atoms with Gasteiger partial charge in [-0.15, -0.1) is 0 Å². The van der Waals surface area contributed by atoms with E-state index in [1.807, 2.05) is 0 Å². The molecule has 1 heteroatoms. The van der Waals surface area contributed by atoms with Crippen LogP contribution < -0.4 is 0 Å². The first-order chi connectivity index (χ1) is 7.81. The fraction of sp³-hybridized carbons (Fsp3) is 0.467. The van der Waals surface area contributed by atoms with Crippen molar-refractivity contribution < 1.29 is 0 Å². The fourth-order valence-corrected chi connectivity index (χ4v) is 3.03.